The maximum Gasteiger partial charge on any atom is 0.224 e. The molecular weight excluding hydrogens is 439 g/mol. The minimum atomic E-state index is -0.0371. The van der Waals surface area contributed by atoms with Crippen LogP contribution in [-0.2, 0) is 16.1 Å². The van der Waals surface area contributed by atoms with Gasteiger partial charge in [0, 0.05) is 44.9 Å². The molecule has 3 N–H and O–H groups in total. The maximum atomic E-state index is 13.0. The van der Waals surface area contributed by atoms with E-state index in [1.165, 1.54) is 6.33 Å². The van der Waals surface area contributed by atoms with Crippen molar-refractivity contribution >= 4 is 30.7 Å². The van der Waals surface area contributed by atoms with Crippen molar-refractivity contribution in [1.82, 2.24) is 25.0 Å². The predicted octanol–water partition coefficient (Wildman–Crippen LogP) is 1.95. The second-order valence-electron chi connectivity index (χ2n) is 8.02. The summed E-state index contributed by atoms with van der Waals surface area (Å²) in [5.41, 5.74) is 8.25. The molecule has 2 aromatic rings. The molecule has 31 heavy (non-hydrogen) atoms. The molecule has 172 valence electrons. The molecular formula is C21H32Cl2N6O2. The van der Waals surface area contributed by atoms with Gasteiger partial charge in [0.2, 0.25) is 5.91 Å². The van der Waals surface area contributed by atoms with Gasteiger partial charge in [0.05, 0.1) is 11.6 Å². The zero-order valence-corrected chi connectivity index (χ0v) is 19.2. The van der Waals surface area contributed by atoms with Crippen molar-refractivity contribution in [2.45, 2.75) is 44.3 Å². The van der Waals surface area contributed by atoms with Crippen molar-refractivity contribution in [3.8, 4) is 5.69 Å². The monoisotopic (exact) mass is 470 g/mol. The number of nitrogens with one attached hydrogen (secondary N) is 1. The van der Waals surface area contributed by atoms with E-state index in [4.69, 9.17) is 10.5 Å². The molecule has 2 aliphatic heterocycles. The summed E-state index contributed by atoms with van der Waals surface area (Å²) in [7, 11) is 0. The molecule has 1 aromatic carbocycles. The molecule has 4 rings (SSSR count). The van der Waals surface area contributed by atoms with Gasteiger partial charge in [-0.1, -0.05) is 18.2 Å². The fraction of sp³-hybridized carbons (Fsp3) is 0.571. The number of rotatable bonds is 5. The van der Waals surface area contributed by atoms with E-state index in [1.807, 2.05) is 24.3 Å². The van der Waals surface area contributed by atoms with Crippen LogP contribution in [0.25, 0.3) is 5.69 Å². The summed E-state index contributed by atoms with van der Waals surface area (Å²) < 4.78 is 7.22. The van der Waals surface area contributed by atoms with Crippen LogP contribution in [0.4, 0.5) is 0 Å². The van der Waals surface area contributed by atoms with E-state index >= 15 is 0 Å². The number of carbonyl (C=O) groups excluding carboxylic acids is 1. The summed E-state index contributed by atoms with van der Waals surface area (Å²) in [6.45, 7) is 3.70. The SMILES string of the molecule is Cl.Cl.N[C@H]1CC[C@@H](C(=O)NCc2ccccc2-n2cncn2)CN(C2CCOCC2)C1. The van der Waals surface area contributed by atoms with E-state index in [0.29, 0.717) is 12.6 Å². The van der Waals surface area contributed by atoms with E-state index in [2.05, 4.69) is 20.3 Å². The van der Waals surface area contributed by atoms with Crippen LogP contribution in [0.2, 0.25) is 0 Å². The largest absolute Gasteiger partial charge is 0.381 e. The normalized spacial score (nSPS) is 22.6. The molecule has 0 aliphatic carbocycles. The highest BCUT2D eigenvalue weighted by Crippen LogP contribution is 2.23. The van der Waals surface area contributed by atoms with Crippen LogP contribution in [0.5, 0.6) is 0 Å². The van der Waals surface area contributed by atoms with Crippen LogP contribution in [0, 0.1) is 5.92 Å². The number of para-hydroxylation sites is 1. The molecule has 0 bridgehead atoms. The molecule has 2 atom stereocenters. The molecule has 10 heteroatoms. The fourth-order valence-electron chi connectivity index (χ4n) is 4.36. The second kappa shape index (κ2) is 12.4. The molecule has 1 amide bonds. The van der Waals surface area contributed by atoms with Crippen molar-refractivity contribution in [2.24, 2.45) is 11.7 Å². The lowest BCUT2D eigenvalue weighted by molar-refractivity contribution is -0.126. The Bertz CT molecular complexity index is 801. The zero-order chi connectivity index (χ0) is 20.1. The van der Waals surface area contributed by atoms with E-state index < -0.39 is 0 Å². The Kier molecular flexibility index (Phi) is 10.2. The Morgan fingerprint density at radius 2 is 1.90 bits per heavy atom. The van der Waals surface area contributed by atoms with Gasteiger partial charge in [-0.15, -0.1) is 24.8 Å². The summed E-state index contributed by atoms with van der Waals surface area (Å²) in [4.78, 5) is 19.5. The molecule has 0 saturated carbocycles. The van der Waals surface area contributed by atoms with Crippen molar-refractivity contribution in [1.29, 1.82) is 0 Å². The summed E-state index contributed by atoms with van der Waals surface area (Å²) in [5, 5.41) is 7.35. The number of nitrogens with two attached hydrogens (primary N) is 1. The Morgan fingerprint density at radius 3 is 2.65 bits per heavy atom. The molecule has 8 nitrogen and oxygen atoms in total. The Morgan fingerprint density at radius 1 is 1.13 bits per heavy atom. The smallest absolute Gasteiger partial charge is 0.224 e. The fourth-order valence-corrected chi connectivity index (χ4v) is 4.36. The lowest BCUT2D eigenvalue weighted by Crippen LogP contribution is -2.47. The van der Waals surface area contributed by atoms with Gasteiger partial charge >= 0.3 is 0 Å². The van der Waals surface area contributed by atoms with Crippen molar-refractivity contribution < 1.29 is 9.53 Å². The number of hydrogen-bond acceptors (Lipinski definition) is 6. The average Bonchev–Trinajstić information content (AvgIpc) is 3.22. The minimum absolute atomic E-state index is 0. The van der Waals surface area contributed by atoms with Gasteiger partial charge in [-0.25, -0.2) is 9.67 Å². The number of carbonyl (C=O) groups is 1. The number of nitrogens with zero attached hydrogens (tertiary/aromatic N) is 4. The van der Waals surface area contributed by atoms with E-state index in [0.717, 1.165) is 63.2 Å². The zero-order valence-electron chi connectivity index (χ0n) is 17.6. The second-order valence-corrected chi connectivity index (χ2v) is 8.02. The number of amides is 1. The number of likely N-dealkylation sites (tertiary alicyclic amines) is 1. The average molecular weight is 471 g/mol. The summed E-state index contributed by atoms with van der Waals surface area (Å²) in [6, 6.07) is 8.52. The van der Waals surface area contributed by atoms with Crippen LogP contribution in [0.3, 0.4) is 0 Å². The van der Waals surface area contributed by atoms with Crippen molar-refractivity contribution in [3.63, 3.8) is 0 Å². The highest BCUT2D eigenvalue weighted by molar-refractivity contribution is 5.85. The van der Waals surface area contributed by atoms with Crippen LogP contribution < -0.4 is 11.1 Å². The van der Waals surface area contributed by atoms with Gasteiger partial charge < -0.3 is 15.8 Å². The van der Waals surface area contributed by atoms with Crippen molar-refractivity contribution in [3.05, 3.63) is 42.5 Å². The molecule has 3 heterocycles. The van der Waals surface area contributed by atoms with Gasteiger partial charge in [-0.3, -0.25) is 9.69 Å². The quantitative estimate of drug-likeness (QED) is 0.692. The van der Waals surface area contributed by atoms with E-state index in [1.54, 1.807) is 11.0 Å². The Labute approximate surface area is 195 Å². The molecule has 0 unspecified atom stereocenters. The number of benzene rings is 1. The predicted molar refractivity (Wildman–Crippen MR) is 124 cm³/mol. The van der Waals surface area contributed by atoms with Gasteiger partial charge in [0.25, 0.3) is 0 Å². The van der Waals surface area contributed by atoms with Gasteiger partial charge in [-0.2, -0.15) is 5.10 Å². The van der Waals surface area contributed by atoms with Gasteiger partial charge in [-0.05, 0) is 37.3 Å². The first-order valence-electron chi connectivity index (χ1n) is 10.5. The lowest BCUT2D eigenvalue weighted by atomic mass is 10.00. The van der Waals surface area contributed by atoms with Gasteiger partial charge in [0.15, 0.2) is 0 Å². The summed E-state index contributed by atoms with van der Waals surface area (Å²) in [6.07, 6.45) is 6.93. The van der Waals surface area contributed by atoms with Crippen molar-refractivity contribution in [2.75, 3.05) is 26.3 Å². The summed E-state index contributed by atoms with van der Waals surface area (Å²) >= 11 is 0. The minimum Gasteiger partial charge on any atom is -0.381 e. The van der Waals surface area contributed by atoms with Crippen LogP contribution >= 0.6 is 24.8 Å². The van der Waals surface area contributed by atoms with E-state index in [9.17, 15) is 4.79 Å². The Balaban J connectivity index is 0.00000171. The topological polar surface area (TPSA) is 98.3 Å². The highest BCUT2D eigenvalue weighted by Gasteiger charge is 2.31. The number of ether oxygens (including phenoxy) is 1. The Hall–Kier alpha value is -1.71. The molecule has 1 aromatic heterocycles. The molecule has 0 radical (unpaired) electrons. The van der Waals surface area contributed by atoms with Crippen LogP contribution in [0.1, 0.15) is 31.2 Å². The first-order valence-corrected chi connectivity index (χ1v) is 10.5. The molecule has 2 saturated heterocycles. The third-order valence-corrected chi connectivity index (χ3v) is 6.00. The third-order valence-electron chi connectivity index (χ3n) is 6.00. The number of halogens is 2. The van der Waals surface area contributed by atoms with Crippen LogP contribution in [0.15, 0.2) is 36.9 Å². The van der Waals surface area contributed by atoms with E-state index in [-0.39, 0.29) is 42.7 Å². The first-order chi connectivity index (χ1) is 14.2. The summed E-state index contributed by atoms with van der Waals surface area (Å²) in [5.74, 6) is 0.0643. The lowest BCUT2D eigenvalue weighted by Gasteiger charge is -2.35. The van der Waals surface area contributed by atoms with Crippen LogP contribution in [-0.4, -0.2) is 64.0 Å². The number of aromatic nitrogens is 3. The molecule has 2 aliphatic rings. The van der Waals surface area contributed by atoms with Gasteiger partial charge in [0.1, 0.15) is 12.7 Å². The number of hydrogen-bond donors (Lipinski definition) is 2. The standard InChI is InChI=1S/C21H30N6O2.2ClH/c22-18-6-5-17(12-26(13-18)19-7-9-29-10-8-19)21(28)24-11-16-3-1-2-4-20(16)27-15-23-14-25-27;;/h1-4,14-15,17-19H,5-13,22H2,(H,24,28);2*1H/t17-,18+;;/m1../s1. The maximum absolute atomic E-state index is 13.0. The molecule has 0 spiro atoms. The third kappa shape index (κ3) is 6.63. The highest BCUT2D eigenvalue weighted by atomic mass is 35.5. The molecule has 2 fully saturated rings. The first kappa shape index (κ1) is 25.5.